The Morgan fingerprint density at radius 1 is 1.27 bits per heavy atom. The molecule has 1 unspecified atom stereocenters. The summed E-state index contributed by atoms with van der Waals surface area (Å²) in [5, 5.41) is 0. The second-order valence-corrected chi connectivity index (χ2v) is 8.32. The summed E-state index contributed by atoms with van der Waals surface area (Å²) < 4.78 is 32.0. The van der Waals surface area contributed by atoms with Gasteiger partial charge in [-0.1, -0.05) is 0 Å². The summed E-state index contributed by atoms with van der Waals surface area (Å²) in [6.07, 6.45) is 3.42. The van der Waals surface area contributed by atoms with E-state index in [1.165, 1.54) is 10.4 Å². The average Bonchev–Trinajstić information content (AvgIpc) is 3.13. The lowest BCUT2D eigenvalue weighted by atomic mass is 10.1. The molecular weight excluding hydrogens is 356 g/mol. The molecule has 0 spiro atoms. The smallest absolute Gasteiger partial charge is 0.338 e. The van der Waals surface area contributed by atoms with Crippen LogP contribution < -0.4 is 4.31 Å². The summed E-state index contributed by atoms with van der Waals surface area (Å²) in [6, 6.07) is 7.95. The molecule has 0 N–H and O–H groups in total. The number of hydrogen-bond acceptors (Lipinski definition) is 5. The molecule has 8 heteroatoms. The molecule has 2 heterocycles. The van der Waals surface area contributed by atoms with Crippen LogP contribution in [0.2, 0.25) is 0 Å². The van der Waals surface area contributed by atoms with Gasteiger partial charge in [0.05, 0.1) is 23.2 Å². The summed E-state index contributed by atoms with van der Waals surface area (Å²) in [4.78, 5) is 24.3. The van der Waals surface area contributed by atoms with Crippen molar-refractivity contribution in [2.24, 2.45) is 7.05 Å². The third-order valence-electron chi connectivity index (χ3n) is 4.39. The second kappa shape index (κ2) is 6.60. The van der Waals surface area contributed by atoms with Crippen LogP contribution in [0.25, 0.3) is 0 Å². The molecular formula is C18H20N2O5S. The highest BCUT2D eigenvalue weighted by Crippen LogP contribution is 2.34. The standard InChI is InChI=1S/C18H20N2O5S/c1-12-9-14-10-13(6-7-15(14)20(12)26(3,23)24)18(22)25-11-17(21)16-5-4-8-19(16)2/h4-8,10,12H,9,11H2,1-3H3. The molecule has 26 heavy (non-hydrogen) atoms. The largest absolute Gasteiger partial charge is 0.454 e. The van der Waals surface area contributed by atoms with Gasteiger partial charge in [-0.05, 0) is 49.2 Å². The summed E-state index contributed by atoms with van der Waals surface area (Å²) in [6.45, 7) is 1.47. The molecule has 0 aliphatic carbocycles. The average molecular weight is 376 g/mol. The van der Waals surface area contributed by atoms with E-state index in [2.05, 4.69) is 0 Å². The van der Waals surface area contributed by atoms with Crippen molar-refractivity contribution in [2.45, 2.75) is 19.4 Å². The van der Waals surface area contributed by atoms with Gasteiger partial charge in [-0.3, -0.25) is 9.10 Å². The zero-order valence-electron chi connectivity index (χ0n) is 14.8. The molecule has 0 saturated heterocycles. The van der Waals surface area contributed by atoms with Crippen molar-refractivity contribution in [3.05, 3.63) is 53.3 Å². The van der Waals surface area contributed by atoms with E-state index in [4.69, 9.17) is 4.74 Å². The molecule has 7 nitrogen and oxygen atoms in total. The minimum atomic E-state index is -3.38. The summed E-state index contributed by atoms with van der Waals surface area (Å²) in [5.41, 5.74) is 2.11. The van der Waals surface area contributed by atoms with Crippen LogP contribution in [0.15, 0.2) is 36.5 Å². The Labute approximate surface area is 152 Å². The molecule has 1 aliphatic rings. The van der Waals surface area contributed by atoms with Gasteiger partial charge in [0.25, 0.3) is 0 Å². The van der Waals surface area contributed by atoms with Gasteiger partial charge in [0, 0.05) is 19.3 Å². The number of esters is 1. The Hall–Kier alpha value is -2.61. The predicted molar refractivity (Wildman–Crippen MR) is 97.0 cm³/mol. The lowest BCUT2D eigenvalue weighted by molar-refractivity contribution is 0.0472. The van der Waals surface area contributed by atoms with Crippen molar-refractivity contribution < 1.29 is 22.7 Å². The molecule has 1 atom stereocenters. The first-order valence-corrected chi connectivity index (χ1v) is 9.97. The maximum absolute atomic E-state index is 12.3. The summed E-state index contributed by atoms with van der Waals surface area (Å²) in [7, 11) is -1.64. The number of rotatable bonds is 5. The molecule has 1 aliphatic heterocycles. The van der Waals surface area contributed by atoms with Crippen LogP contribution in [0.5, 0.6) is 0 Å². The van der Waals surface area contributed by atoms with Crippen molar-refractivity contribution in [3.63, 3.8) is 0 Å². The third-order valence-corrected chi connectivity index (χ3v) is 5.66. The van der Waals surface area contributed by atoms with Gasteiger partial charge >= 0.3 is 5.97 Å². The minimum Gasteiger partial charge on any atom is -0.454 e. The number of aryl methyl sites for hydroxylation is 1. The van der Waals surface area contributed by atoms with E-state index in [1.807, 2.05) is 6.92 Å². The lowest BCUT2D eigenvalue weighted by Gasteiger charge is -2.21. The fraction of sp³-hybridized carbons (Fsp3) is 0.333. The van der Waals surface area contributed by atoms with E-state index < -0.39 is 16.0 Å². The number of hydrogen-bond donors (Lipinski definition) is 0. The molecule has 0 radical (unpaired) electrons. The first-order valence-electron chi connectivity index (χ1n) is 8.12. The van der Waals surface area contributed by atoms with E-state index in [-0.39, 0.29) is 18.4 Å². The van der Waals surface area contributed by atoms with Crippen LogP contribution >= 0.6 is 0 Å². The second-order valence-electron chi connectivity index (χ2n) is 6.46. The number of ketones is 1. The first kappa shape index (κ1) is 18.2. The minimum absolute atomic E-state index is 0.204. The normalized spacial score (nSPS) is 16.4. The Morgan fingerprint density at radius 2 is 2.00 bits per heavy atom. The number of ether oxygens (including phenoxy) is 1. The van der Waals surface area contributed by atoms with E-state index >= 15 is 0 Å². The number of fused-ring (bicyclic) bond motifs is 1. The van der Waals surface area contributed by atoms with Crippen molar-refractivity contribution >= 4 is 27.5 Å². The molecule has 0 amide bonds. The lowest BCUT2D eigenvalue weighted by Crippen LogP contribution is -2.34. The van der Waals surface area contributed by atoms with Crippen molar-refractivity contribution in [1.29, 1.82) is 0 Å². The van der Waals surface area contributed by atoms with E-state index in [1.54, 1.807) is 42.1 Å². The van der Waals surface area contributed by atoms with Gasteiger partial charge in [-0.2, -0.15) is 0 Å². The van der Waals surface area contributed by atoms with Gasteiger partial charge in [-0.25, -0.2) is 13.2 Å². The topological polar surface area (TPSA) is 85.7 Å². The quantitative estimate of drug-likeness (QED) is 0.586. The van der Waals surface area contributed by atoms with Crippen LogP contribution in [-0.4, -0.2) is 43.6 Å². The maximum Gasteiger partial charge on any atom is 0.338 e. The van der Waals surface area contributed by atoms with Gasteiger partial charge in [0.1, 0.15) is 0 Å². The van der Waals surface area contributed by atoms with Crippen molar-refractivity contribution in [1.82, 2.24) is 4.57 Å². The molecule has 2 aromatic rings. The Kier molecular flexibility index (Phi) is 4.62. The van der Waals surface area contributed by atoms with Crippen molar-refractivity contribution in [3.8, 4) is 0 Å². The van der Waals surface area contributed by atoms with Crippen LogP contribution in [-0.2, 0) is 28.2 Å². The highest BCUT2D eigenvalue weighted by Gasteiger charge is 2.33. The van der Waals surface area contributed by atoms with Crippen LogP contribution in [0.1, 0.15) is 33.3 Å². The number of benzene rings is 1. The zero-order chi connectivity index (χ0) is 19.1. The maximum atomic E-state index is 12.3. The van der Waals surface area contributed by atoms with E-state index in [0.29, 0.717) is 23.4 Å². The number of carbonyl (C=O) groups excluding carboxylic acids is 2. The Bertz CT molecular complexity index is 977. The highest BCUT2D eigenvalue weighted by molar-refractivity contribution is 7.92. The first-order chi connectivity index (χ1) is 12.2. The molecule has 0 fully saturated rings. The molecule has 3 rings (SSSR count). The molecule has 0 bridgehead atoms. The SMILES string of the molecule is CC1Cc2cc(C(=O)OCC(=O)c3cccn3C)ccc2N1S(C)(=O)=O. The molecule has 0 saturated carbocycles. The van der Waals surface area contributed by atoms with Gasteiger partial charge in [0.2, 0.25) is 15.8 Å². The molecule has 138 valence electrons. The summed E-state index contributed by atoms with van der Waals surface area (Å²) >= 11 is 0. The Balaban J connectivity index is 1.73. The predicted octanol–water partition coefficient (Wildman–Crippen LogP) is 1.78. The van der Waals surface area contributed by atoms with Gasteiger partial charge in [0.15, 0.2) is 6.61 Å². The summed E-state index contributed by atoms with van der Waals surface area (Å²) in [5.74, 6) is -0.898. The van der Waals surface area contributed by atoms with Crippen molar-refractivity contribution in [2.75, 3.05) is 17.2 Å². The van der Waals surface area contributed by atoms with Gasteiger partial charge in [-0.15, -0.1) is 0 Å². The highest BCUT2D eigenvalue weighted by atomic mass is 32.2. The number of sulfonamides is 1. The van der Waals surface area contributed by atoms with E-state index in [9.17, 15) is 18.0 Å². The number of nitrogens with zero attached hydrogens (tertiary/aromatic N) is 2. The Morgan fingerprint density at radius 3 is 2.62 bits per heavy atom. The van der Waals surface area contributed by atoms with Gasteiger partial charge < -0.3 is 9.30 Å². The fourth-order valence-corrected chi connectivity index (χ4v) is 4.54. The molecule has 1 aromatic heterocycles. The third kappa shape index (κ3) is 3.37. The fourth-order valence-electron chi connectivity index (χ4n) is 3.27. The van der Waals surface area contributed by atoms with Crippen LogP contribution in [0.3, 0.4) is 0 Å². The molecule has 1 aromatic carbocycles. The van der Waals surface area contributed by atoms with Crippen LogP contribution in [0, 0.1) is 0 Å². The number of carbonyl (C=O) groups is 2. The number of aromatic nitrogens is 1. The number of Topliss-reactive ketones (excluding diaryl/α,β-unsaturated/α-hetero) is 1. The van der Waals surface area contributed by atoms with E-state index in [0.717, 1.165) is 11.8 Å². The zero-order valence-corrected chi connectivity index (χ0v) is 15.6. The van der Waals surface area contributed by atoms with Crippen LogP contribution in [0.4, 0.5) is 5.69 Å². The number of anilines is 1. The monoisotopic (exact) mass is 376 g/mol.